The molecule has 3 aliphatic carbocycles. The lowest BCUT2D eigenvalue weighted by atomic mass is 9.70. The van der Waals surface area contributed by atoms with Gasteiger partial charge < -0.3 is 4.57 Å². The van der Waals surface area contributed by atoms with Gasteiger partial charge in [-0.2, -0.15) is 0 Å². The number of hydrogen-bond acceptors (Lipinski definition) is 0. The molecule has 1 aromatic heterocycles. The Labute approximate surface area is 332 Å². The van der Waals surface area contributed by atoms with E-state index in [2.05, 4.69) is 206 Å². The number of benzene rings is 9. The van der Waals surface area contributed by atoms with Gasteiger partial charge in [0.1, 0.15) is 0 Å². The van der Waals surface area contributed by atoms with Crippen molar-refractivity contribution >= 4 is 32.6 Å². The minimum atomic E-state index is -0.413. The zero-order valence-electron chi connectivity index (χ0n) is 31.8. The Kier molecular flexibility index (Phi) is 5.96. The quantitative estimate of drug-likeness (QED) is 0.167. The molecule has 1 heteroatoms. The van der Waals surface area contributed by atoms with Crippen LogP contribution in [0.4, 0.5) is 0 Å². The molecule has 0 aliphatic heterocycles. The minimum absolute atomic E-state index is 0.0567. The maximum Gasteiger partial charge on any atom is 0.0726 e. The number of nitrogens with zero attached hydrogens (tertiary/aromatic N) is 1. The van der Waals surface area contributed by atoms with Crippen LogP contribution in [0.25, 0.3) is 82.8 Å². The Morgan fingerprint density at radius 1 is 0.368 bits per heavy atom. The van der Waals surface area contributed by atoms with E-state index in [1.165, 1.54) is 116 Å². The predicted octanol–water partition coefficient (Wildman–Crippen LogP) is 14.3. The Hall–Kier alpha value is -6.96. The molecule has 0 unspecified atom stereocenters. The summed E-state index contributed by atoms with van der Waals surface area (Å²) in [6.07, 6.45) is 0. The van der Waals surface area contributed by atoms with E-state index >= 15 is 0 Å². The highest BCUT2D eigenvalue weighted by Gasteiger charge is 2.51. The van der Waals surface area contributed by atoms with Gasteiger partial charge in [-0.05, 0) is 119 Å². The predicted molar refractivity (Wildman–Crippen MR) is 238 cm³/mol. The van der Waals surface area contributed by atoms with Crippen molar-refractivity contribution in [3.8, 4) is 50.2 Å². The number of hydrogen-bond donors (Lipinski definition) is 0. The highest BCUT2D eigenvalue weighted by molar-refractivity contribution is 6.22. The average molecular weight is 724 g/mol. The first kappa shape index (κ1) is 31.3. The Balaban J connectivity index is 1.14. The molecular formula is C56H37N. The fourth-order valence-electron chi connectivity index (χ4n) is 11.5. The van der Waals surface area contributed by atoms with Gasteiger partial charge in [-0.15, -0.1) is 0 Å². The van der Waals surface area contributed by atoms with Gasteiger partial charge in [0.25, 0.3) is 0 Å². The van der Waals surface area contributed by atoms with Gasteiger partial charge in [0.15, 0.2) is 0 Å². The van der Waals surface area contributed by atoms with Gasteiger partial charge >= 0.3 is 0 Å². The van der Waals surface area contributed by atoms with Gasteiger partial charge in [0.2, 0.25) is 0 Å². The molecule has 13 rings (SSSR count). The van der Waals surface area contributed by atoms with Crippen molar-refractivity contribution in [1.29, 1.82) is 0 Å². The van der Waals surface area contributed by atoms with Gasteiger partial charge in [0, 0.05) is 21.9 Å². The summed E-state index contributed by atoms with van der Waals surface area (Å²) in [6.45, 7) is 4.73. The summed E-state index contributed by atoms with van der Waals surface area (Å²) in [5.74, 6) is 0. The van der Waals surface area contributed by atoms with Crippen LogP contribution in [0.5, 0.6) is 0 Å². The van der Waals surface area contributed by atoms with Crippen LogP contribution in [-0.4, -0.2) is 4.57 Å². The lowest BCUT2D eigenvalue weighted by molar-refractivity contribution is 0.660. The van der Waals surface area contributed by atoms with Crippen molar-refractivity contribution in [2.45, 2.75) is 24.7 Å². The second kappa shape index (κ2) is 10.9. The third kappa shape index (κ3) is 3.80. The number of aromatic nitrogens is 1. The molecule has 0 saturated carbocycles. The first-order valence-corrected chi connectivity index (χ1v) is 20.2. The average Bonchev–Trinajstić information content (AvgIpc) is 3.93. The zero-order chi connectivity index (χ0) is 37.6. The Morgan fingerprint density at radius 2 is 0.947 bits per heavy atom. The van der Waals surface area contributed by atoms with E-state index in [0.29, 0.717) is 0 Å². The van der Waals surface area contributed by atoms with Crippen LogP contribution in [-0.2, 0) is 10.8 Å². The molecule has 9 aromatic carbocycles. The van der Waals surface area contributed by atoms with Crippen LogP contribution in [0.15, 0.2) is 188 Å². The number of rotatable bonds is 2. The Morgan fingerprint density at radius 3 is 1.68 bits per heavy atom. The van der Waals surface area contributed by atoms with E-state index in [1.54, 1.807) is 0 Å². The zero-order valence-corrected chi connectivity index (χ0v) is 31.8. The largest absolute Gasteiger partial charge is 0.309 e. The Bertz CT molecular complexity index is 3340. The topological polar surface area (TPSA) is 4.93 Å². The standard InChI is InChI=1S/C56H37N/c1-55(2)45-24-9-8-22-42(45)53-38(23-14-28-49(53)55)35-16-13-17-36(31-35)57-51-30-29-34-15-3-4-18-37(34)54(51)44-32-43-41-21-7-12-27-48(41)56(50(43)33-52(44)57)46-25-10-5-19-39(46)40-20-6-11-26-47(40)56/h3-33H,1-2H3. The van der Waals surface area contributed by atoms with Crippen molar-refractivity contribution < 1.29 is 0 Å². The monoisotopic (exact) mass is 723 g/mol. The molecule has 0 atom stereocenters. The molecule has 0 bridgehead atoms. The third-order valence-electron chi connectivity index (χ3n) is 13.8. The van der Waals surface area contributed by atoms with Gasteiger partial charge in [-0.25, -0.2) is 0 Å². The summed E-state index contributed by atoms with van der Waals surface area (Å²) in [6, 6.07) is 71.1. The smallest absolute Gasteiger partial charge is 0.0726 e. The van der Waals surface area contributed by atoms with Crippen LogP contribution >= 0.6 is 0 Å². The molecule has 0 N–H and O–H groups in total. The highest BCUT2D eigenvalue weighted by Crippen LogP contribution is 2.63. The second-order valence-corrected chi connectivity index (χ2v) is 16.8. The summed E-state index contributed by atoms with van der Waals surface area (Å²) in [5, 5.41) is 5.13. The molecular weight excluding hydrogens is 687 g/mol. The van der Waals surface area contributed by atoms with Gasteiger partial charge in [0.05, 0.1) is 16.4 Å². The van der Waals surface area contributed by atoms with Crippen molar-refractivity contribution in [2.24, 2.45) is 0 Å². The molecule has 0 radical (unpaired) electrons. The molecule has 3 aliphatic rings. The van der Waals surface area contributed by atoms with Crippen molar-refractivity contribution in [1.82, 2.24) is 4.57 Å². The normalized spacial score (nSPS) is 14.8. The molecule has 0 fully saturated rings. The van der Waals surface area contributed by atoms with Crippen LogP contribution in [0.3, 0.4) is 0 Å². The highest BCUT2D eigenvalue weighted by atomic mass is 15.0. The molecule has 266 valence electrons. The fourth-order valence-corrected chi connectivity index (χ4v) is 11.5. The van der Waals surface area contributed by atoms with Crippen LogP contribution in [0, 0.1) is 0 Å². The molecule has 0 amide bonds. The fraction of sp³-hybridized carbons (Fsp3) is 0.0714. The van der Waals surface area contributed by atoms with Crippen molar-refractivity contribution in [2.75, 3.05) is 0 Å². The summed E-state index contributed by atoms with van der Waals surface area (Å²) < 4.78 is 2.55. The summed E-state index contributed by atoms with van der Waals surface area (Å²) in [4.78, 5) is 0. The van der Waals surface area contributed by atoms with E-state index < -0.39 is 5.41 Å². The maximum atomic E-state index is 2.56. The number of fused-ring (bicyclic) bond motifs is 18. The first-order valence-electron chi connectivity index (χ1n) is 20.2. The molecule has 1 heterocycles. The molecule has 10 aromatic rings. The minimum Gasteiger partial charge on any atom is -0.309 e. The third-order valence-corrected chi connectivity index (χ3v) is 13.8. The van der Waals surface area contributed by atoms with E-state index in [-0.39, 0.29) is 5.41 Å². The van der Waals surface area contributed by atoms with Gasteiger partial charge in [-0.1, -0.05) is 172 Å². The van der Waals surface area contributed by atoms with Crippen LogP contribution in [0.1, 0.15) is 47.2 Å². The van der Waals surface area contributed by atoms with E-state index in [0.717, 1.165) is 0 Å². The summed E-state index contributed by atoms with van der Waals surface area (Å²) >= 11 is 0. The lowest BCUT2D eigenvalue weighted by Crippen LogP contribution is -2.25. The maximum absolute atomic E-state index is 2.56. The van der Waals surface area contributed by atoms with Crippen molar-refractivity contribution in [3.05, 3.63) is 221 Å². The van der Waals surface area contributed by atoms with Crippen molar-refractivity contribution in [3.63, 3.8) is 0 Å². The lowest BCUT2D eigenvalue weighted by Gasteiger charge is -2.30. The summed E-state index contributed by atoms with van der Waals surface area (Å²) in [5.41, 5.74) is 22.0. The first-order chi connectivity index (χ1) is 28.0. The molecule has 0 saturated heterocycles. The molecule has 1 spiro atoms. The molecule has 1 nitrogen and oxygen atoms in total. The van der Waals surface area contributed by atoms with Crippen LogP contribution < -0.4 is 0 Å². The van der Waals surface area contributed by atoms with E-state index in [4.69, 9.17) is 0 Å². The SMILES string of the molecule is CC1(C)c2ccccc2-c2c(-c3cccc(-n4c5cc6c(cc5c5c7ccccc7ccc54)-c4ccccc4C64c5ccccc5-c5ccccc54)c3)cccc21. The second-order valence-electron chi connectivity index (χ2n) is 16.8. The van der Waals surface area contributed by atoms with Crippen LogP contribution in [0.2, 0.25) is 0 Å². The van der Waals surface area contributed by atoms with E-state index in [9.17, 15) is 0 Å². The van der Waals surface area contributed by atoms with Gasteiger partial charge in [-0.3, -0.25) is 0 Å². The summed E-state index contributed by atoms with van der Waals surface area (Å²) in [7, 11) is 0. The molecule has 57 heavy (non-hydrogen) atoms. The van der Waals surface area contributed by atoms with E-state index in [1.807, 2.05) is 0 Å².